The van der Waals surface area contributed by atoms with Crippen LogP contribution in [-0.4, -0.2) is 28.3 Å². The minimum atomic E-state index is 0.151. The molecule has 4 rings (SSSR count). The van der Waals surface area contributed by atoms with Crippen molar-refractivity contribution >= 4 is 34.3 Å². The van der Waals surface area contributed by atoms with Crippen LogP contribution in [0.1, 0.15) is 12.5 Å². The second-order valence-electron chi connectivity index (χ2n) is 6.36. The topological polar surface area (TPSA) is 26.2 Å². The van der Waals surface area contributed by atoms with Crippen LogP contribution in [0.5, 0.6) is 5.75 Å². The summed E-state index contributed by atoms with van der Waals surface area (Å²) in [5.41, 5.74) is 2.40. The van der Waals surface area contributed by atoms with Gasteiger partial charge in [0.25, 0.3) is 0 Å². The van der Waals surface area contributed by atoms with E-state index < -0.39 is 0 Å². The van der Waals surface area contributed by atoms with Gasteiger partial charge in [-0.1, -0.05) is 23.7 Å². The molecule has 5 heteroatoms. The smallest absolute Gasteiger partial charge is 0.120 e. The van der Waals surface area contributed by atoms with Crippen LogP contribution >= 0.6 is 23.4 Å². The third-order valence-corrected chi connectivity index (χ3v) is 6.06. The highest BCUT2D eigenvalue weighted by atomic mass is 35.5. The SMILES string of the molecule is CC(Oc1ccc2c(ccn2Cc2cccc(Cl)c2)c1)C1NCCS1. The number of benzene rings is 2. The van der Waals surface area contributed by atoms with Crippen molar-refractivity contribution in [3.05, 3.63) is 65.3 Å². The molecule has 2 heterocycles. The predicted octanol–water partition coefficient (Wildman–Crippen LogP) is 4.77. The molecule has 0 saturated carbocycles. The Morgan fingerprint density at radius 2 is 2.20 bits per heavy atom. The number of rotatable bonds is 5. The van der Waals surface area contributed by atoms with Crippen molar-refractivity contribution in [3.8, 4) is 5.75 Å². The molecule has 1 aromatic heterocycles. The zero-order valence-corrected chi connectivity index (χ0v) is 15.7. The van der Waals surface area contributed by atoms with Crippen LogP contribution < -0.4 is 10.1 Å². The third kappa shape index (κ3) is 3.81. The summed E-state index contributed by atoms with van der Waals surface area (Å²) in [6.45, 7) is 4.00. The first-order valence-electron chi connectivity index (χ1n) is 8.54. The summed E-state index contributed by atoms with van der Waals surface area (Å²) >= 11 is 8.02. The fourth-order valence-corrected chi connectivity index (χ4v) is 4.51. The Labute approximate surface area is 157 Å². The lowest BCUT2D eigenvalue weighted by Crippen LogP contribution is -2.34. The Bertz CT molecular complexity index is 873. The first-order chi connectivity index (χ1) is 12.2. The monoisotopic (exact) mass is 372 g/mol. The highest BCUT2D eigenvalue weighted by Crippen LogP contribution is 2.26. The van der Waals surface area contributed by atoms with E-state index in [2.05, 4.69) is 53.3 Å². The molecular weight excluding hydrogens is 352 g/mol. The van der Waals surface area contributed by atoms with Crippen LogP contribution in [0.2, 0.25) is 5.02 Å². The van der Waals surface area contributed by atoms with Gasteiger partial charge in [0.1, 0.15) is 11.9 Å². The van der Waals surface area contributed by atoms with Crippen molar-refractivity contribution in [2.24, 2.45) is 0 Å². The third-order valence-electron chi connectivity index (χ3n) is 4.48. The molecule has 130 valence electrons. The molecule has 25 heavy (non-hydrogen) atoms. The van der Waals surface area contributed by atoms with Crippen molar-refractivity contribution in [2.75, 3.05) is 12.3 Å². The highest BCUT2D eigenvalue weighted by Gasteiger charge is 2.23. The zero-order valence-electron chi connectivity index (χ0n) is 14.1. The molecule has 3 nitrogen and oxygen atoms in total. The maximum atomic E-state index is 6.14. The lowest BCUT2D eigenvalue weighted by Gasteiger charge is -2.20. The molecule has 0 spiro atoms. The standard InChI is InChI=1S/C20H21ClN2OS/c1-14(20-22-8-10-25-20)24-18-5-6-19-16(12-18)7-9-23(19)13-15-3-2-4-17(21)11-15/h2-7,9,11-12,14,20,22H,8,10,13H2,1H3. The molecule has 0 aliphatic carbocycles. The van der Waals surface area contributed by atoms with Gasteiger partial charge in [-0.15, -0.1) is 11.8 Å². The van der Waals surface area contributed by atoms with E-state index in [-0.39, 0.29) is 6.10 Å². The van der Waals surface area contributed by atoms with Crippen LogP contribution in [0.25, 0.3) is 10.9 Å². The van der Waals surface area contributed by atoms with Gasteiger partial charge in [-0.3, -0.25) is 0 Å². The normalized spacial score (nSPS) is 18.6. The number of fused-ring (bicyclic) bond motifs is 1. The van der Waals surface area contributed by atoms with Crippen molar-refractivity contribution < 1.29 is 4.74 Å². The number of ether oxygens (including phenoxy) is 1. The molecule has 0 amide bonds. The second kappa shape index (κ2) is 7.32. The average molecular weight is 373 g/mol. The summed E-state index contributed by atoms with van der Waals surface area (Å²) in [6, 6.07) is 16.5. The summed E-state index contributed by atoms with van der Waals surface area (Å²) in [4.78, 5) is 0. The maximum Gasteiger partial charge on any atom is 0.120 e. The number of hydrogen-bond donors (Lipinski definition) is 1. The highest BCUT2D eigenvalue weighted by molar-refractivity contribution is 8.00. The minimum Gasteiger partial charge on any atom is -0.488 e. The van der Waals surface area contributed by atoms with Crippen molar-refractivity contribution in [2.45, 2.75) is 24.9 Å². The molecule has 1 aliphatic heterocycles. The summed E-state index contributed by atoms with van der Waals surface area (Å²) in [5, 5.41) is 5.82. The van der Waals surface area contributed by atoms with Gasteiger partial charge in [0, 0.05) is 41.0 Å². The van der Waals surface area contributed by atoms with Crippen molar-refractivity contribution in [1.82, 2.24) is 9.88 Å². The Kier molecular flexibility index (Phi) is 4.93. The van der Waals surface area contributed by atoms with Crippen LogP contribution in [0.4, 0.5) is 0 Å². The molecule has 0 radical (unpaired) electrons. The number of nitrogens with zero attached hydrogens (tertiary/aromatic N) is 1. The Balaban J connectivity index is 1.52. The summed E-state index contributed by atoms with van der Waals surface area (Å²) in [7, 11) is 0. The van der Waals surface area contributed by atoms with E-state index in [1.807, 2.05) is 30.0 Å². The van der Waals surface area contributed by atoms with Gasteiger partial charge < -0.3 is 14.6 Å². The molecule has 1 aliphatic rings. The maximum absolute atomic E-state index is 6.14. The van der Waals surface area contributed by atoms with Crippen LogP contribution in [0.3, 0.4) is 0 Å². The van der Waals surface area contributed by atoms with Gasteiger partial charge in [0.15, 0.2) is 0 Å². The average Bonchev–Trinajstić information content (AvgIpc) is 3.25. The molecule has 2 unspecified atom stereocenters. The number of thioether (sulfide) groups is 1. The molecule has 3 aromatic rings. The predicted molar refractivity (Wildman–Crippen MR) is 107 cm³/mol. The largest absolute Gasteiger partial charge is 0.488 e. The molecular formula is C20H21ClN2OS. The van der Waals surface area contributed by atoms with E-state index in [1.54, 1.807) is 0 Å². The van der Waals surface area contributed by atoms with Crippen LogP contribution in [-0.2, 0) is 6.54 Å². The van der Waals surface area contributed by atoms with Crippen LogP contribution in [0, 0.1) is 0 Å². The quantitative estimate of drug-likeness (QED) is 0.698. The van der Waals surface area contributed by atoms with E-state index in [0.29, 0.717) is 5.37 Å². The summed E-state index contributed by atoms with van der Waals surface area (Å²) in [6.07, 6.45) is 2.27. The van der Waals surface area contributed by atoms with Gasteiger partial charge in [-0.25, -0.2) is 0 Å². The van der Waals surface area contributed by atoms with Crippen molar-refractivity contribution in [3.63, 3.8) is 0 Å². The van der Waals surface area contributed by atoms with Gasteiger partial charge in [-0.2, -0.15) is 0 Å². The Morgan fingerprint density at radius 1 is 1.28 bits per heavy atom. The molecule has 2 atom stereocenters. The first kappa shape index (κ1) is 16.8. The number of halogens is 1. The Morgan fingerprint density at radius 3 is 3.00 bits per heavy atom. The number of nitrogens with one attached hydrogen (secondary N) is 1. The Hall–Kier alpha value is -1.62. The zero-order chi connectivity index (χ0) is 17.2. The lowest BCUT2D eigenvalue weighted by atomic mass is 10.2. The number of aromatic nitrogens is 1. The van der Waals surface area contributed by atoms with Gasteiger partial charge in [0.2, 0.25) is 0 Å². The fourth-order valence-electron chi connectivity index (χ4n) is 3.25. The fraction of sp³-hybridized carbons (Fsp3) is 0.300. The molecule has 0 bridgehead atoms. The molecule has 1 saturated heterocycles. The van der Waals surface area contributed by atoms with Crippen LogP contribution in [0.15, 0.2) is 54.7 Å². The van der Waals surface area contributed by atoms with E-state index in [9.17, 15) is 0 Å². The minimum absolute atomic E-state index is 0.151. The number of hydrogen-bond acceptors (Lipinski definition) is 3. The van der Waals surface area contributed by atoms with E-state index in [4.69, 9.17) is 16.3 Å². The van der Waals surface area contributed by atoms with Gasteiger partial charge >= 0.3 is 0 Å². The molecule has 1 fully saturated rings. The summed E-state index contributed by atoms with van der Waals surface area (Å²) < 4.78 is 8.38. The van der Waals surface area contributed by atoms with Crippen molar-refractivity contribution in [1.29, 1.82) is 0 Å². The van der Waals surface area contributed by atoms with E-state index in [0.717, 1.165) is 29.6 Å². The van der Waals surface area contributed by atoms with E-state index in [1.165, 1.54) is 16.5 Å². The lowest BCUT2D eigenvalue weighted by molar-refractivity contribution is 0.209. The molecule has 2 aromatic carbocycles. The second-order valence-corrected chi connectivity index (χ2v) is 8.05. The summed E-state index contributed by atoms with van der Waals surface area (Å²) in [5.74, 6) is 2.08. The van der Waals surface area contributed by atoms with Gasteiger partial charge in [0.05, 0.1) is 5.37 Å². The van der Waals surface area contributed by atoms with E-state index >= 15 is 0 Å². The molecule has 1 N–H and O–H groups in total. The van der Waals surface area contributed by atoms with Gasteiger partial charge in [-0.05, 0) is 48.9 Å². The first-order valence-corrected chi connectivity index (χ1v) is 9.97.